The third kappa shape index (κ3) is 3.52. The first-order chi connectivity index (χ1) is 11.6. The molecule has 1 N–H and O–H groups in total. The predicted octanol–water partition coefficient (Wildman–Crippen LogP) is 3.90. The molecule has 0 saturated heterocycles. The minimum Gasteiger partial charge on any atom is -0.427 e. The fourth-order valence-corrected chi connectivity index (χ4v) is 3.76. The summed E-state index contributed by atoms with van der Waals surface area (Å²) in [7, 11) is -0.745. The number of nitrogens with zero attached hydrogens (tertiary/aromatic N) is 2. The van der Waals surface area contributed by atoms with E-state index in [4.69, 9.17) is 5.10 Å². The molecule has 124 valence electrons. The average Bonchev–Trinajstić information content (AvgIpc) is 2.58. The molecule has 0 spiro atoms. The van der Waals surface area contributed by atoms with Crippen LogP contribution in [0.25, 0.3) is 0 Å². The molecule has 0 aliphatic carbocycles. The minimum atomic E-state index is -0.745. The summed E-state index contributed by atoms with van der Waals surface area (Å²) < 4.78 is 0. The van der Waals surface area contributed by atoms with Gasteiger partial charge < -0.3 is 5.02 Å². The fourth-order valence-electron chi connectivity index (χ4n) is 2.93. The highest BCUT2D eigenvalue weighted by atomic mass is 32.2. The molecular weight excluding hydrogens is 315 g/mol. The van der Waals surface area contributed by atoms with Gasteiger partial charge in [-0.1, -0.05) is 51.5 Å². The van der Waals surface area contributed by atoms with E-state index < -0.39 is 7.05 Å². The van der Waals surface area contributed by atoms with Gasteiger partial charge in [0.15, 0.2) is 0 Å². The summed E-state index contributed by atoms with van der Waals surface area (Å²) in [6.07, 6.45) is 1.93. The van der Waals surface area contributed by atoms with Gasteiger partial charge in [-0.05, 0) is 41.7 Å². The Hall–Kier alpha value is -1.72. The Bertz CT molecular complexity index is 730. The molecule has 0 radical (unpaired) electrons. The van der Waals surface area contributed by atoms with Gasteiger partial charge in [0.25, 0.3) is 0 Å². The highest BCUT2D eigenvalue weighted by Crippen LogP contribution is 2.27. The van der Waals surface area contributed by atoms with E-state index in [1.807, 2.05) is 48.2 Å². The number of fused-ring (bicyclic) bond motifs is 1. The average molecular weight is 338 g/mol. The first-order valence-corrected chi connectivity index (χ1v) is 9.39. The maximum atomic E-state index is 10.8. The van der Waals surface area contributed by atoms with Crippen molar-refractivity contribution in [3.8, 4) is 0 Å². The van der Waals surface area contributed by atoms with Crippen LogP contribution in [0.15, 0.2) is 58.5 Å². The summed E-state index contributed by atoms with van der Waals surface area (Å²) in [6, 6.07) is 16.3. The lowest BCUT2D eigenvalue weighted by molar-refractivity contribution is 0.577. The maximum absolute atomic E-state index is 10.8. The largest absolute Gasteiger partial charge is 0.471 e. The van der Waals surface area contributed by atoms with Gasteiger partial charge in [0.2, 0.25) is 0 Å². The summed E-state index contributed by atoms with van der Waals surface area (Å²) in [6.45, 7) is 6.52. The monoisotopic (exact) mass is 338 g/mol. The Morgan fingerprint density at radius 3 is 2.50 bits per heavy atom. The smallest absolute Gasteiger partial charge is 0.427 e. The van der Waals surface area contributed by atoms with E-state index in [-0.39, 0.29) is 0 Å². The molecule has 24 heavy (non-hydrogen) atoms. The summed E-state index contributed by atoms with van der Waals surface area (Å²) >= 11 is 1.83. The van der Waals surface area contributed by atoms with Gasteiger partial charge in [0.05, 0.1) is 5.71 Å². The lowest BCUT2D eigenvalue weighted by Crippen LogP contribution is -2.51. The van der Waals surface area contributed by atoms with Crippen molar-refractivity contribution in [2.45, 2.75) is 43.8 Å². The van der Waals surface area contributed by atoms with E-state index >= 15 is 0 Å². The molecule has 0 amide bonds. The zero-order valence-corrected chi connectivity index (χ0v) is 15.3. The molecular formula is C19H23BN2OS. The number of hydrogen-bond donors (Lipinski definition) is 1. The number of hydrazone groups is 1. The van der Waals surface area contributed by atoms with Gasteiger partial charge in [0, 0.05) is 15.8 Å². The first-order valence-electron chi connectivity index (χ1n) is 8.51. The van der Waals surface area contributed by atoms with Crippen LogP contribution in [0.5, 0.6) is 0 Å². The Morgan fingerprint density at radius 1 is 1.12 bits per heavy atom. The normalized spacial score (nSPS) is 14.0. The number of rotatable bonds is 5. The highest BCUT2D eigenvalue weighted by Gasteiger charge is 2.32. The standard InChI is InChI=1S/C19H23BN2OS/c1-4-7-19-17-8-5-6-9-18(17)20(23)22(21-19)15-10-12-16(13-11-15)24-14(2)3/h5-6,8-14,23H,4,7H2,1-3H3. The number of thioether (sulfide) groups is 1. The molecule has 0 bridgehead atoms. The topological polar surface area (TPSA) is 35.8 Å². The van der Waals surface area contributed by atoms with Crippen LogP contribution < -0.4 is 10.4 Å². The lowest BCUT2D eigenvalue weighted by atomic mass is 9.68. The van der Waals surface area contributed by atoms with Crippen molar-refractivity contribution in [1.82, 2.24) is 0 Å². The number of hydrogen-bond acceptors (Lipinski definition) is 4. The van der Waals surface area contributed by atoms with Crippen LogP contribution in [0, 0.1) is 0 Å². The van der Waals surface area contributed by atoms with Gasteiger partial charge in [-0.2, -0.15) is 5.10 Å². The minimum absolute atomic E-state index is 0.553. The molecule has 2 aromatic rings. The van der Waals surface area contributed by atoms with Crippen molar-refractivity contribution in [3.05, 3.63) is 54.1 Å². The van der Waals surface area contributed by atoms with Crippen molar-refractivity contribution < 1.29 is 5.02 Å². The molecule has 3 nitrogen and oxygen atoms in total. The Labute approximate surface area is 148 Å². The molecule has 0 aromatic heterocycles. The second-order valence-corrected chi connectivity index (χ2v) is 7.91. The molecule has 1 heterocycles. The first kappa shape index (κ1) is 17.1. The second kappa shape index (κ2) is 7.45. The van der Waals surface area contributed by atoms with Crippen LogP contribution in [-0.4, -0.2) is 23.0 Å². The van der Waals surface area contributed by atoms with Gasteiger partial charge in [-0.15, -0.1) is 11.8 Å². The zero-order valence-electron chi connectivity index (χ0n) is 14.4. The van der Waals surface area contributed by atoms with Gasteiger partial charge in [-0.25, -0.2) is 0 Å². The fraction of sp³-hybridized carbons (Fsp3) is 0.316. The van der Waals surface area contributed by atoms with Crippen molar-refractivity contribution in [2.24, 2.45) is 5.10 Å². The SMILES string of the molecule is CCCC1=NN(c2ccc(SC(C)C)cc2)B(O)c2ccccc21. The number of benzene rings is 2. The van der Waals surface area contributed by atoms with E-state index in [1.165, 1.54) is 4.90 Å². The van der Waals surface area contributed by atoms with E-state index in [2.05, 4.69) is 32.9 Å². The predicted molar refractivity (Wildman–Crippen MR) is 105 cm³/mol. The molecule has 0 atom stereocenters. The number of anilines is 1. The summed E-state index contributed by atoms with van der Waals surface area (Å²) in [5, 5.41) is 16.1. The molecule has 3 rings (SSSR count). The van der Waals surface area contributed by atoms with Crippen LogP contribution in [0.1, 0.15) is 39.2 Å². The molecule has 0 unspecified atom stereocenters. The Balaban J connectivity index is 1.94. The van der Waals surface area contributed by atoms with Crippen LogP contribution in [0.2, 0.25) is 0 Å². The molecule has 1 aliphatic heterocycles. The Kier molecular flexibility index (Phi) is 5.31. The molecule has 0 saturated carbocycles. The lowest BCUT2D eigenvalue weighted by Gasteiger charge is -2.30. The highest BCUT2D eigenvalue weighted by molar-refractivity contribution is 7.99. The van der Waals surface area contributed by atoms with Crippen molar-refractivity contribution in [3.63, 3.8) is 0 Å². The quantitative estimate of drug-likeness (QED) is 0.663. The van der Waals surface area contributed by atoms with E-state index in [0.29, 0.717) is 5.25 Å². The molecule has 1 aliphatic rings. The van der Waals surface area contributed by atoms with Crippen molar-refractivity contribution >= 4 is 35.7 Å². The van der Waals surface area contributed by atoms with Crippen LogP contribution in [-0.2, 0) is 0 Å². The van der Waals surface area contributed by atoms with Crippen molar-refractivity contribution in [2.75, 3.05) is 4.92 Å². The van der Waals surface area contributed by atoms with Gasteiger partial charge in [0.1, 0.15) is 0 Å². The summed E-state index contributed by atoms with van der Waals surface area (Å²) in [5.41, 5.74) is 3.95. The summed E-state index contributed by atoms with van der Waals surface area (Å²) in [4.78, 5) is 2.97. The summed E-state index contributed by atoms with van der Waals surface area (Å²) in [5.74, 6) is 0. The second-order valence-electron chi connectivity index (χ2n) is 6.26. The maximum Gasteiger partial charge on any atom is 0.471 e. The third-order valence-electron chi connectivity index (χ3n) is 3.97. The molecule has 0 fully saturated rings. The van der Waals surface area contributed by atoms with Crippen molar-refractivity contribution in [1.29, 1.82) is 0 Å². The van der Waals surface area contributed by atoms with E-state index in [9.17, 15) is 5.02 Å². The van der Waals surface area contributed by atoms with E-state index in [1.54, 1.807) is 4.92 Å². The van der Waals surface area contributed by atoms with Crippen LogP contribution >= 0.6 is 11.8 Å². The Morgan fingerprint density at radius 2 is 1.83 bits per heavy atom. The van der Waals surface area contributed by atoms with Crippen LogP contribution in [0.4, 0.5) is 5.69 Å². The molecule has 2 aromatic carbocycles. The third-order valence-corrected chi connectivity index (χ3v) is 4.99. The molecule has 5 heteroatoms. The van der Waals surface area contributed by atoms with Crippen LogP contribution in [0.3, 0.4) is 0 Å². The van der Waals surface area contributed by atoms with Gasteiger partial charge in [-0.3, -0.25) is 4.92 Å². The van der Waals surface area contributed by atoms with E-state index in [0.717, 1.165) is 35.3 Å². The van der Waals surface area contributed by atoms with Gasteiger partial charge >= 0.3 is 7.05 Å². The zero-order chi connectivity index (χ0) is 17.1.